The summed E-state index contributed by atoms with van der Waals surface area (Å²) >= 11 is 0. The van der Waals surface area contributed by atoms with Gasteiger partial charge in [0, 0.05) is 39.8 Å². The van der Waals surface area contributed by atoms with E-state index in [1.165, 1.54) is 97.1 Å². The highest BCUT2D eigenvalue weighted by atomic mass is 16.7. The normalized spacial score (nSPS) is 12.4. The first-order chi connectivity index (χ1) is 39.7. The third-order valence-corrected chi connectivity index (χ3v) is 12.3. The molecule has 0 radical (unpaired) electrons. The van der Waals surface area contributed by atoms with E-state index in [1.807, 2.05) is 0 Å². The Hall–Kier alpha value is -10.1. The molecule has 8 aromatic rings. The van der Waals surface area contributed by atoms with E-state index in [0.717, 1.165) is 0 Å². The van der Waals surface area contributed by atoms with Crippen LogP contribution >= 0.6 is 0 Å². The highest BCUT2D eigenvalue weighted by Gasteiger charge is 2.23. The van der Waals surface area contributed by atoms with Gasteiger partial charge in [0.2, 0.25) is 18.9 Å². The van der Waals surface area contributed by atoms with Crippen molar-refractivity contribution >= 4 is 70.6 Å². The minimum Gasteiger partial charge on any atom is -0.491 e. The van der Waals surface area contributed by atoms with Crippen molar-refractivity contribution in [2.75, 3.05) is 33.0 Å². The number of aldehydes is 4. The number of benzene rings is 8. The molecule has 4 unspecified atom stereocenters. The van der Waals surface area contributed by atoms with Gasteiger partial charge in [-0.2, -0.15) is 0 Å². The van der Waals surface area contributed by atoms with Crippen LogP contribution in [0.25, 0.3) is 21.5 Å². The maximum absolute atomic E-state index is 13.0. The number of hydrogen-bond donors (Lipinski definition) is 4. The third-order valence-electron chi connectivity index (χ3n) is 12.3. The van der Waals surface area contributed by atoms with E-state index in [9.17, 15) is 58.8 Å². The Labute approximate surface area is 466 Å². The summed E-state index contributed by atoms with van der Waals surface area (Å²) in [6.07, 6.45) is -4.33. The van der Waals surface area contributed by atoms with Crippen molar-refractivity contribution in [2.45, 2.75) is 31.4 Å². The summed E-state index contributed by atoms with van der Waals surface area (Å²) in [4.78, 5) is 96.0. The lowest BCUT2D eigenvalue weighted by Crippen LogP contribution is -2.25. The zero-order valence-corrected chi connectivity index (χ0v) is 43.2. The van der Waals surface area contributed by atoms with Crippen molar-refractivity contribution in [3.05, 3.63) is 213 Å². The van der Waals surface area contributed by atoms with Crippen molar-refractivity contribution < 1.29 is 96.7 Å². The predicted octanol–water partition coefficient (Wildman–Crippen LogP) is 7.09. The van der Waals surface area contributed by atoms with Gasteiger partial charge < -0.3 is 58.3 Å². The van der Waals surface area contributed by atoms with Gasteiger partial charge in [0.05, 0.1) is 22.3 Å². The second-order valence-electron chi connectivity index (χ2n) is 18.1. The van der Waals surface area contributed by atoms with Gasteiger partial charge in [-0.05, 0) is 106 Å². The first-order valence-electron chi connectivity index (χ1n) is 25.1. The molecule has 0 aliphatic carbocycles. The molecular weight excluding hydrogens is 1060 g/mol. The van der Waals surface area contributed by atoms with Gasteiger partial charge in [-0.25, -0.2) is 19.2 Å². The average Bonchev–Trinajstić information content (AvgIpc) is 3.60. The Kier molecular flexibility index (Phi) is 19.6. The number of ether oxygens (including phenoxy) is 8. The van der Waals surface area contributed by atoms with E-state index in [1.54, 1.807) is 60.7 Å². The Bertz CT molecular complexity index is 3590. The summed E-state index contributed by atoms with van der Waals surface area (Å²) in [7, 11) is 0. The molecule has 0 aromatic heterocycles. The van der Waals surface area contributed by atoms with Gasteiger partial charge >= 0.3 is 23.9 Å². The fourth-order valence-electron chi connectivity index (χ4n) is 8.13. The standard InChI is InChI=1S/C62H50O20/c63-28-37-1-9-43(10-2-37)59(71)78-33-47(67)32-75-48-21-17-42-20-24-55(80-56(68)36-79-60(72)44-11-3-38(29-64)4-12-44)53(51(42)25-48)27-52-50-26-49(76-34-57(69)81-61(73)45-13-5-39(30-65)6-14-45)22-18-41(50)19-23-54(52)77-35-58(70)82-62(74)46-15-7-40(31-66)8-16-46/h1-26,28-31,47,56-58,67-70H,27,32-36H2. The van der Waals surface area contributed by atoms with Gasteiger partial charge in [-0.3, -0.25) is 19.2 Å². The molecule has 4 atom stereocenters. The molecule has 418 valence electrons. The Morgan fingerprint density at radius 3 is 1.18 bits per heavy atom. The maximum Gasteiger partial charge on any atom is 0.340 e. The molecule has 0 spiro atoms. The van der Waals surface area contributed by atoms with Crippen molar-refractivity contribution in [2.24, 2.45) is 0 Å². The largest absolute Gasteiger partial charge is 0.491 e. The number of fused-ring (bicyclic) bond motifs is 2. The van der Waals surface area contributed by atoms with E-state index in [2.05, 4.69) is 0 Å². The third kappa shape index (κ3) is 15.4. The molecule has 20 nitrogen and oxygen atoms in total. The molecule has 0 aliphatic rings. The summed E-state index contributed by atoms with van der Waals surface area (Å²) in [5.74, 6) is -2.76. The zero-order chi connectivity index (χ0) is 58.1. The van der Waals surface area contributed by atoms with Crippen LogP contribution in [0.15, 0.2) is 158 Å². The molecule has 0 fully saturated rings. The molecule has 8 rings (SSSR count). The Morgan fingerprint density at radius 1 is 0.378 bits per heavy atom. The summed E-state index contributed by atoms with van der Waals surface area (Å²) < 4.78 is 45.4. The summed E-state index contributed by atoms with van der Waals surface area (Å²) in [6, 6.07) is 38.8. The fourth-order valence-corrected chi connectivity index (χ4v) is 8.13. The monoisotopic (exact) mass is 1110 g/mol. The molecule has 20 heteroatoms. The minimum atomic E-state index is -1.82. The van der Waals surface area contributed by atoms with Crippen LogP contribution in [0, 0.1) is 0 Å². The van der Waals surface area contributed by atoms with Crippen LogP contribution < -0.4 is 18.9 Å². The van der Waals surface area contributed by atoms with E-state index in [4.69, 9.17) is 37.9 Å². The number of hydrogen-bond acceptors (Lipinski definition) is 20. The number of esters is 4. The Balaban J connectivity index is 1.11. The zero-order valence-electron chi connectivity index (χ0n) is 43.2. The quantitative estimate of drug-likeness (QED) is 0.0173. The summed E-state index contributed by atoms with van der Waals surface area (Å²) in [5.41, 5.74) is 2.46. The van der Waals surface area contributed by atoms with Crippen LogP contribution in [0.1, 0.15) is 94.0 Å². The van der Waals surface area contributed by atoms with Crippen LogP contribution in [0.5, 0.6) is 23.0 Å². The highest BCUT2D eigenvalue weighted by Crippen LogP contribution is 2.39. The Morgan fingerprint density at radius 2 is 0.744 bits per heavy atom. The van der Waals surface area contributed by atoms with Crippen LogP contribution in [-0.2, 0) is 25.4 Å². The lowest BCUT2D eigenvalue weighted by molar-refractivity contribution is -0.0858. The first-order valence-corrected chi connectivity index (χ1v) is 25.1. The van der Waals surface area contributed by atoms with E-state index >= 15 is 0 Å². The molecule has 0 amide bonds. The molecule has 0 heterocycles. The molecular formula is C62H50O20. The molecule has 4 N–H and O–H groups in total. The lowest BCUT2D eigenvalue weighted by atomic mass is 9.93. The fraction of sp³-hybridized carbons (Fsp3) is 0.161. The topological polar surface area (TPSA) is 291 Å². The number of carbonyl (C=O) groups is 8. The van der Waals surface area contributed by atoms with Crippen molar-refractivity contribution in [3.8, 4) is 23.0 Å². The van der Waals surface area contributed by atoms with Gasteiger partial charge in [0.25, 0.3) is 0 Å². The molecule has 0 aliphatic heterocycles. The lowest BCUT2D eigenvalue weighted by Gasteiger charge is -2.21. The maximum atomic E-state index is 13.0. The van der Waals surface area contributed by atoms with Gasteiger partial charge in [-0.15, -0.1) is 0 Å². The average molecular weight is 1120 g/mol. The molecule has 8 aromatic carbocycles. The second kappa shape index (κ2) is 27.7. The SMILES string of the molecule is O=Cc1ccc(C(=O)OCC(O)COc2ccc3ccc(OC(O)COC(=O)c4ccc(C=O)cc4)c(Cc4c(OCC(O)OC(=O)c5ccc(C=O)cc5)ccc5ccc(OCC(O)OC(=O)c6ccc(C=O)cc6)cc45)c3c2)cc1. The molecule has 0 bridgehead atoms. The summed E-state index contributed by atoms with van der Waals surface area (Å²) in [6.45, 7) is -2.59. The van der Waals surface area contributed by atoms with E-state index in [0.29, 0.717) is 80.1 Å². The van der Waals surface area contributed by atoms with Crippen LogP contribution in [0.2, 0.25) is 0 Å². The first kappa shape index (κ1) is 58.0. The molecule has 0 saturated heterocycles. The van der Waals surface area contributed by atoms with Gasteiger partial charge in [-0.1, -0.05) is 72.8 Å². The van der Waals surface area contributed by atoms with Gasteiger partial charge in [0.1, 0.15) is 67.5 Å². The molecule has 82 heavy (non-hydrogen) atoms. The number of carbonyl (C=O) groups excluding carboxylic acids is 8. The smallest absolute Gasteiger partial charge is 0.340 e. The molecule has 0 saturated carbocycles. The van der Waals surface area contributed by atoms with Crippen LogP contribution in [-0.4, -0.2) is 127 Å². The minimum absolute atomic E-state index is 0.0468. The number of rotatable bonds is 27. The summed E-state index contributed by atoms with van der Waals surface area (Å²) in [5, 5.41) is 46.1. The van der Waals surface area contributed by atoms with Crippen LogP contribution in [0.3, 0.4) is 0 Å². The van der Waals surface area contributed by atoms with E-state index < -0.39 is 75.3 Å². The second-order valence-corrected chi connectivity index (χ2v) is 18.1. The van der Waals surface area contributed by atoms with Crippen molar-refractivity contribution in [3.63, 3.8) is 0 Å². The van der Waals surface area contributed by atoms with Crippen molar-refractivity contribution in [1.82, 2.24) is 0 Å². The number of aliphatic hydroxyl groups excluding tert-OH is 4. The predicted molar refractivity (Wildman–Crippen MR) is 291 cm³/mol. The highest BCUT2D eigenvalue weighted by molar-refractivity contribution is 5.95. The van der Waals surface area contributed by atoms with E-state index in [-0.39, 0.29) is 58.3 Å². The van der Waals surface area contributed by atoms with Crippen LogP contribution in [0.4, 0.5) is 0 Å². The van der Waals surface area contributed by atoms with Gasteiger partial charge in [0.15, 0.2) is 19.8 Å². The number of aliphatic hydroxyl groups is 4. The van der Waals surface area contributed by atoms with Crippen molar-refractivity contribution in [1.29, 1.82) is 0 Å².